The zero-order chi connectivity index (χ0) is 13.8. The minimum absolute atomic E-state index is 0.136. The minimum Gasteiger partial charge on any atom is -0.373 e. The number of nitro groups is 1. The molecule has 0 atom stereocenters. The average Bonchev–Trinajstić information content (AvgIpc) is 2.35. The van der Waals surface area contributed by atoms with Crippen LogP contribution in [0.15, 0.2) is 18.2 Å². The number of hydrogen-bond donors (Lipinski definition) is 2. The third-order valence-corrected chi connectivity index (χ3v) is 3.56. The Hall–Kier alpha value is -1.62. The fourth-order valence-corrected chi connectivity index (χ4v) is 2.05. The van der Waals surface area contributed by atoms with Gasteiger partial charge in [0.15, 0.2) is 0 Å². The quantitative estimate of drug-likeness (QED) is 0.601. The van der Waals surface area contributed by atoms with Gasteiger partial charge in [0, 0.05) is 17.6 Å². The zero-order valence-corrected chi connectivity index (χ0v) is 11.2. The molecule has 1 aromatic rings. The van der Waals surface area contributed by atoms with Crippen LogP contribution >= 0.6 is 0 Å². The van der Waals surface area contributed by atoms with Gasteiger partial charge in [-0.05, 0) is 25.8 Å². The summed E-state index contributed by atoms with van der Waals surface area (Å²) in [5.74, 6) is 0. The van der Waals surface area contributed by atoms with Gasteiger partial charge in [-0.25, -0.2) is 0 Å². The summed E-state index contributed by atoms with van der Waals surface area (Å²) in [6.45, 7) is 6.26. The predicted octanol–water partition coefficient (Wildman–Crippen LogP) is 2.83. The first-order chi connectivity index (χ1) is 8.49. The smallest absolute Gasteiger partial charge is 0.295 e. The molecule has 18 heavy (non-hydrogen) atoms. The molecule has 0 spiro atoms. The third-order valence-electron chi connectivity index (χ3n) is 3.56. The maximum atomic E-state index is 11.1. The Morgan fingerprint density at radius 3 is 2.44 bits per heavy atom. The molecule has 0 aliphatic carbocycles. The summed E-state index contributed by atoms with van der Waals surface area (Å²) in [5, 5.41) is 14.4. The van der Waals surface area contributed by atoms with Crippen molar-refractivity contribution in [1.82, 2.24) is 0 Å². The van der Waals surface area contributed by atoms with E-state index >= 15 is 0 Å². The number of anilines is 1. The molecule has 0 aliphatic rings. The Labute approximate surface area is 108 Å². The molecular weight excluding hydrogens is 230 g/mol. The van der Waals surface area contributed by atoms with Crippen LogP contribution in [0.5, 0.6) is 0 Å². The van der Waals surface area contributed by atoms with Crippen LogP contribution in [0.2, 0.25) is 0 Å². The van der Waals surface area contributed by atoms with Crippen LogP contribution in [0.4, 0.5) is 11.4 Å². The molecule has 0 aliphatic heterocycles. The summed E-state index contributed by atoms with van der Waals surface area (Å²) in [6, 6.07) is 5.30. The van der Waals surface area contributed by atoms with Crippen molar-refractivity contribution in [3.8, 4) is 0 Å². The van der Waals surface area contributed by atoms with Crippen molar-refractivity contribution in [3.05, 3.63) is 33.9 Å². The van der Waals surface area contributed by atoms with Gasteiger partial charge in [-0.3, -0.25) is 10.1 Å². The molecule has 3 N–H and O–H groups in total. The van der Waals surface area contributed by atoms with Crippen molar-refractivity contribution in [3.63, 3.8) is 0 Å². The summed E-state index contributed by atoms with van der Waals surface area (Å²) >= 11 is 0. The van der Waals surface area contributed by atoms with E-state index in [-0.39, 0.29) is 16.1 Å². The number of rotatable bonds is 6. The lowest BCUT2D eigenvalue weighted by atomic mass is 9.92. The highest BCUT2D eigenvalue weighted by Gasteiger charge is 2.27. The standard InChI is InChI=1S/C13H21N3O2/c1-4-13(5-2,9-14)15-11-8-6-7-10(3)12(11)16(17)18/h6-8,15H,4-5,9,14H2,1-3H3. The Bertz CT molecular complexity index is 420. The van der Waals surface area contributed by atoms with Crippen molar-refractivity contribution in [2.24, 2.45) is 5.73 Å². The molecule has 0 amide bonds. The number of nitrogens with one attached hydrogen (secondary N) is 1. The Kier molecular flexibility index (Phi) is 4.67. The van der Waals surface area contributed by atoms with E-state index in [9.17, 15) is 10.1 Å². The number of hydrogen-bond acceptors (Lipinski definition) is 4. The molecule has 5 heteroatoms. The van der Waals surface area contributed by atoms with Gasteiger partial charge < -0.3 is 11.1 Å². The van der Waals surface area contributed by atoms with E-state index in [2.05, 4.69) is 5.32 Å². The second-order valence-corrected chi connectivity index (χ2v) is 4.54. The van der Waals surface area contributed by atoms with E-state index in [1.807, 2.05) is 19.9 Å². The molecule has 0 unspecified atom stereocenters. The summed E-state index contributed by atoms with van der Waals surface area (Å²) in [5.41, 5.74) is 6.87. The predicted molar refractivity (Wildman–Crippen MR) is 73.8 cm³/mol. The van der Waals surface area contributed by atoms with Gasteiger partial charge >= 0.3 is 0 Å². The van der Waals surface area contributed by atoms with Crippen LogP contribution in [-0.4, -0.2) is 17.0 Å². The maximum absolute atomic E-state index is 11.1. The summed E-state index contributed by atoms with van der Waals surface area (Å²) in [7, 11) is 0. The van der Waals surface area contributed by atoms with E-state index in [0.717, 1.165) is 12.8 Å². The molecule has 0 radical (unpaired) electrons. The van der Waals surface area contributed by atoms with E-state index in [1.165, 1.54) is 0 Å². The number of nitrogens with two attached hydrogens (primary N) is 1. The largest absolute Gasteiger partial charge is 0.373 e. The van der Waals surface area contributed by atoms with E-state index in [4.69, 9.17) is 5.73 Å². The van der Waals surface area contributed by atoms with Crippen LogP contribution in [0.1, 0.15) is 32.3 Å². The van der Waals surface area contributed by atoms with E-state index in [1.54, 1.807) is 19.1 Å². The highest BCUT2D eigenvalue weighted by Crippen LogP contribution is 2.31. The first-order valence-corrected chi connectivity index (χ1v) is 6.22. The van der Waals surface area contributed by atoms with Crippen LogP contribution < -0.4 is 11.1 Å². The van der Waals surface area contributed by atoms with Crippen molar-refractivity contribution in [2.45, 2.75) is 39.2 Å². The van der Waals surface area contributed by atoms with Crippen LogP contribution in [-0.2, 0) is 0 Å². The Balaban J connectivity index is 3.18. The minimum atomic E-state index is -0.343. The number of benzene rings is 1. The van der Waals surface area contributed by atoms with Crippen LogP contribution in [0, 0.1) is 17.0 Å². The summed E-state index contributed by atoms with van der Waals surface area (Å²) < 4.78 is 0. The van der Waals surface area contributed by atoms with Gasteiger partial charge in [0.25, 0.3) is 5.69 Å². The summed E-state index contributed by atoms with van der Waals surface area (Å²) in [6.07, 6.45) is 1.65. The topological polar surface area (TPSA) is 81.2 Å². The van der Waals surface area contributed by atoms with Gasteiger partial charge in [0.05, 0.1) is 4.92 Å². The lowest BCUT2D eigenvalue weighted by Crippen LogP contribution is -2.44. The highest BCUT2D eigenvalue weighted by atomic mass is 16.6. The highest BCUT2D eigenvalue weighted by molar-refractivity contribution is 5.66. The van der Waals surface area contributed by atoms with Crippen LogP contribution in [0.3, 0.4) is 0 Å². The van der Waals surface area contributed by atoms with E-state index in [0.29, 0.717) is 17.8 Å². The molecule has 0 heterocycles. The van der Waals surface area contributed by atoms with Gasteiger partial charge in [0.1, 0.15) is 5.69 Å². The Morgan fingerprint density at radius 2 is 2.00 bits per heavy atom. The maximum Gasteiger partial charge on any atom is 0.295 e. The first-order valence-electron chi connectivity index (χ1n) is 6.22. The molecule has 1 aromatic carbocycles. The fourth-order valence-electron chi connectivity index (χ4n) is 2.05. The molecule has 0 fully saturated rings. The SMILES string of the molecule is CCC(CC)(CN)Nc1cccc(C)c1[N+](=O)[O-]. The second kappa shape index (κ2) is 5.82. The normalized spacial score (nSPS) is 11.3. The Morgan fingerprint density at radius 1 is 1.39 bits per heavy atom. The number of aryl methyl sites for hydroxylation is 1. The lowest BCUT2D eigenvalue weighted by molar-refractivity contribution is -0.384. The van der Waals surface area contributed by atoms with Crippen molar-refractivity contribution < 1.29 is 4.92 Å². The lowest BCUT2D eigenvalue weighted by Gasteiger charge is -2.32. The summed E-state index contributed by atoms with van der Waals surface area (Å²) in [4.78, 5) is 10.8. The van der Waals surface area contributed by atoms with E-state index < -0.39 is 0 Å². The molecule has 0 saturated heterocycles. The average molecular weight is 251 g/mol. The van der Waals surface area contributed by atoms with Gasteiger partial charge in [-0.2, -0.15) is 0 Å². The monoisotopic (exact) mass is 251 g/mol. The molecule has 100 valence electrons. The van der Waals surface area contributed by atoms with Gasteiger partial charge in [0.2, 0.25) is 0 Å². The van der Waals surface area contributed by atoms with Crippen LogP contribution in [0.25, 0.3) is 0 Å². The molecule has 0 saturated carbocycles. The third kappa shape index (κ3) is 2.79. The number of nitrogens with zero attached hydrogens (tertiary/aromatic N) is 1. The molecule has 1 rings (SSSR count). The molecule has 5 nitrogen and oxygen atoms in total. The fraction of sp³-hybridized carbons (Fsp3) is 0.538. The van der Waals surface area contributed by atoms with Crippen molar-refractivity contribution in [1.29, 1.82) is 0 Å². The number of nitro benzene ring substituents is 1. The first kappa shape index (κ1) is 14.4. The number of para-hydroxylation sites is 1. The zero-order valence-electron chi connectivity index (χ0n) is 11.2. The van der Waals surface area contributed by atoms with Crippen molar-refractivity contribution in [2.75, 3.05) is 11.9 Å². The van der Waals surface area contributed by atoms with Gasteiger partial charge in [-0.15, -0.1) is 0 Å². The molecule has 0 bridgehead atoms. The van der Waals surface area contributed by atoms with Crippen molar-refractivity contribution >= 4 is 11.4 Å². The van der Waals surface area contributed by atoms with Gasteiger partial charge in [-0.1, -0.05) is 26.0 Å². The molecular formula is C13H21N3O2. The second-order valence-electron chi connectivity index (χ2n) is 4.54. The molecule has 0 aromatic heterocycles.